The van der Waals surface area contributed by atoms with E-state index < -0.39 is 6.09 Å². The monoisotopic (exact) mass is 242 g/mol. The minimum absolute atomic E-state index is 0.145. The molecule has 1 aliphatic heterocycles. The van der Waals surface area contributed by atoms with E-state index in [1.807, 2.05) is 0 Å². The number of carboxylic acid groups (broad SMARTS) is 1. The normalized spacial score (nSPS) is 17.2. The summed E-state index contributed by atoms with van der Waals surface area (Å²) in [6, 6.07) is 0. The number of hydrazone groups is 1. The predicted molar refractivity (Wildman–Crippen MR) is 62.6 cm³/mol. The second-order valence-corrected chi connectivity index (χ2v) is 4.23. The van der Waals surface area contributed by atoms with E-state index in [4.69, 9.17) is 5.11 Å². The van der Waals surface area contributed by atoms with Crippen LogP contribution in [-0.4, -0.2) is 60.4 Å². The van der Waals surface area contributed by atoms with Crippen molar-refractivity contribution < 1.29 is 14.7 Å². The van der Waals surface area contributed by atoms with Crippen molar-refractivity contribution in [3.63, 3.8) is 0 Å². The summed E-state index contributed by atoms with van der Waals surface area (Å²) in [4.78, 5) is 25.4. The highest BCUT2D eigenvalue weighted by atomic mass is 16.4. The summed E-state index contributed by atoms with van der Waals surface area (Å²) in [5.74, 6) is -0.293. The molecule has 17 heavy (non-hydrogen) atoms. The third-order valence-corrected chi connectivity index (χ3v) is 2.60. The van der Waals surface area contributed by atoms with Gasteiger partial charge in [0.05, 0.1) is 0 Å². The smallest absolute Gasteiger partial charge is 0.407 e. The topological polar surface area (TPSA) is 85.2 Å². The van der Waals surface area contributed by atoms with E-state index in [-0.39, 0.29) is 11.8 Å². The molecule has 0 aliphatic carbocycles. The van der Waals surface area contributed by atoms with Crippen molar-refractivity contribution in [2.75, 3.05) is 27.2 Å². The Kier molecular flexibility index (Phi) is 4.74. The highest BCUT2D eigenvalue weighted by Crippen LogP contribution is 2.17. The Labute approximate surface area is 100 Å². The van der Waals surface area contributed by atoms with Gasteiger partial charge in [0.15, 0.2) is 0 Å². The van der Waals surface area contributed by atoms with Crippen LogP contribution < -0.4 is 5.43 Å². The molecule has 0 spiro atoms. The number of piperidine rings is 1. The molecule has 0 aromatic rings. The van der Waals surface area contributed by atoms with Gasteiger partial charge in [-0.05, 0) is 12.8 Å². The van der Waals surface area contributed by atoms with Crippen LogP contribution in [0.2, 0.25) is 0 Å². The van der Waals surface area contributed by atoms with Crippen LogP contribution in [-0.2, 0) is 4.79 Å². The first-order valence-corrected chi connectivity index (χ1v) is 5.48. The lowest BCUT2D eigenvalue weighted by Crippen LogP contribution is -2.41. The van der Waals surface area contributed by atoms with Gasteiger partial charge in [-0.1, -0.05) is 0 Å². The van der Waals surface area contributed by atoms with Crippen molar-refractivity contribution in [2.45, 2.75) is 12.8 Å². The first-order valence-electron chi connectivity index (χ1n) is 5.48. The molecule has 0 atom stereocenters. The Morgan fingerprint density at radius 2 is 2.00 bits per heavy atom. The number of carbonyl (C=O) groups is 2. The van der Waals surface area contributed by atoms with E-state index in [0.717, 1.165) is 0 Å². The Balaban J connectivity index is 2.33. The van der Waals surface area contributed by atoms with E-state index in [9.17, 15) is 9.59 Å². The second kappa shape index (κ2) is 6.07. The van der Waals surface area contributed by atoms with Gasteiger partial charge in [0.2, 0.25) is 5.91 Å². The van der Waals surface area contributed by atoms with Gasteiger partial charge >= 0.3 is 6.09 Å². The van der Waals surface area contributed by atoms with Gasteiger partial charge in [-0.15, -0.1) is 0 Å². The average molecular weight is 242 g/mol. The fraction of sp³-hybridized carbons (Fsp3) is 0.700. The summed E-state index contributed by atoms with van der Waals surface area (Å²) in [6.07, 6.45) is 1.68. The number of nitrogens with one attached hydrogen (secondary N) is 1. The summed E-state index contributed by atoms with van der Waals surface area (Å²) < 4.78 is 0. The maximum atomic E-state index is 11.6. The van der Waals surface area contributed by atoms with Gasteiger partial charge in [-0.25, -0.2) is 10.2 Å². The molecule has 7 nitrogen and oxygen atoms in total. The standard InChI is InChI=1S/C10H18N4O3/c1-13(2)7-11-12-9(15)8-3-5-14(6-4-8)10(16)17/h7-8H,3-6H2,1-2H3,(H,12,15)(H,16,17). The highest BCUT2D eigenvalue weighted by molar-refractivity contribution is 5.79. The van der Waals surface area contributed by atoms with Crippen molar-refractivity contribution in [3.05, 3.63) is 0 Å². The zero-order chi connectivity index (χ0) is 12.8. The molecule has 1 heterocycles. The lowest BCUT2D eigenvalue weighted by Gasteiger charge is -2.28. The molecule has 0 aromatic carbocycles. The van der Waals surface area contributed by atoms with Crippen LogP contribution in [0, 0.1) is 5.92 Å². The first kappa shape index (κ1) is 13.3. The zero-order valence-electron chi connectivity index (χ0n) is 10.1. The van der Waals surface area contributed by atoms with Gasteiger partial charge in [0.25, 0.3) is 0 Å². The van der Waals surface area contributed by atoms with Gasteiger partial charge < -0.3 is 14.9 Å². The number of likely N-dealkylation sites (tertiary alicyclic amines) is 1. The van der Waals surface area contributed by atoms with E-state index in [0.29, 0.717) is 25.9 Å². The number of nitrogens with zero attached hydrogens (tertiary/aromatic N) is 3. The molecule has 1 fully saturated rings. The number of rotatable bonds is 3. The van der Waals surface area contributed by atoms with Crippen LogP contribution in [0.3, 0.4) is 0 Å². The van der Waals surface area contributed by atoms with Gasteiger partial charge in [0.1, 0.15) is 6.34 Å². The molecule has 1 saturated heterocycles. The fourth-order valence-corrected chi connectivity index (χ4v) is 1.63. The summed E-state index contributed by atoms with van der Waals surface area (Å²) in [5, 5.41) is 12.5. The average Bonchev–Trinajstić information content (AvgIpc) is 2.28. The molecule has 0 saturated carbocycles. The maximum Gasteiger partial charge on any atom is 0.407 e. The van der Waals surface area contributed by atoms with Crippen molar-refractivity contribution in [1.82, 2.24) is 15.2 Å². The molecule has 96 valence electrons. The Hall–Kier alpha value is -1.79. The molecule has 0 radical (unpaired) electrons. The fourth-order valence-electron chi connectivity index (χ4n) is 1.63. The summed E-state index contributed by atoms with van der Waals surface area (Å²) >= 11 is 0. The van der Waals surface area contributed by atoms with Crippen molar-refractivity contribution in [3.8, 4) is 0 Å². The minimum Gasteiger partial charge on any atom is -0.465 e. The summed E-state index contributed by atoms with van der Waals surface area (Å²) in [5.41, 5.74) is 2.45. The van der Waals surface area contributed by atoms with E-state index in [1.165, 1.54) is 11.2 Å². The second-order valence-electron chi connectivity index (χ2n) is 4.23. The van der Waals surface area contributed by atoms with Gasteiger partial charge in [-0.3, -0.25) is 4.79 Å². The maximum absolute atomic E-state index is 11.6. The van der Waals surface area contributed by atoms with Crippen molar-refractivity contribution in [1.29, 1.82) is 0 Å². The number of amides is 2. The predicted octanol–water partition coefficient (Wildman–Crippen LogP) is -0.00250. The number of hydrogen-bond acceptors (Lipinski definition) is 3. The molecule has 2 amide bonds. The molecule has 1 aliphatic rings. The Morgan fingerprint density at radius 3 is 2.47 bits per heavy atom. The number of carbonyl (C=O) groups excluding carboxylic acids is 1. The molecule has 0 aromatic heterocycles. The largest absolute Gasteiger partial charge is 0.465 e. The summed E-state index contributed by atoms with van der Waals surface area (Å²) in [6.45, 7) is 0.815. The molecule has 0 bridgehead atoms. The third kappa shape index (κ3) is 4.29. The van der Waals surface area contributed by atoms with E-state index in [1.54, 1.807) is 19.0 Å². The lowest BCUT2D eigenvalue weighted by atomic mass is 9.96. The highest BCUT2D eigenvalue weighted by Gasteiger charge is 2.26. The van der Waals surface area contributed by atoms with Crippen LogP contribution in [0.1, 0.15) is 12.8 Å². The lowest BCUT2D eigenvalue weighted by molar-refractivity contribution is -0.126. The molecule has 7 heteroatoms. The Morgan fingerprint density at radius 1 is 1.41 bits per heavy atom. The van der Waals surface area contributed by atoms with E-state index in [2.05, 4.69) is 10.5 Å². The van der Waals surface area contributed by atoms with Gasteiger partial charge in [0, 0.05) is 33.1 Å². The molecule has 1 rings (SSSR count). The van der Waals surface area contributed by atoms with Crippen LogP contribution in [0.25, 0.3) is 0 Å². The first-order chi connectivity index (χ1) is 8.00. The van der Waals surface area contributed by atoms with E-state index >= 15 is 0 Å². The SMILES string of the molecule is CN(C)C=NNC(=O)C1CCN(C(=O)O)CC1. The van der Waals surface area contributed by atoms with Crippen LogP contribution in [0.4, 0.5) is 4.79 Å². The summed E-state index contributed by atoms with van der Waals surface area (Å²) in [7, 11) is 3.61. The van der Waals surface area contributed by atoms with Crippen LogP contribution in [0.15, 0.2) is 5.10 Å². The molecular formula is C10H18N4O3. The molecular weight excluding hydrogens is 224 g/mol. The van der Waals surface area contributed by atoms with Crippen LogP contribution >= 0.6 is 0 Å². The number of hydrogen-bond donors (Lipinski definition) is 2. The quantitative estimate of drug-likeness (QED) is 0.414. The molecule has 2 N–H and O–H groups in total. The minimum atomic E-state index is -0.922. The van der Waals surface area contributed by atoms with Crippen LogP contribution in [0.5, 0.6) is 0 Å². The molecule has 0 unspecified atom stereocenters. The van der Waals surface area contributed by atoms with Crippen molar-refractivity contribution >= 4 is 18.3 Å². The third-order valence-electron chi connectivity index (χ3n) is 2.60. The van der Waals surface area contributed by atoms with Crippen molar-refractivity contribution in [2.24, 2.45) is 11.0 Å². The Bertz CT molecular complexity index is 309. The zero-order valence-corrected chi connectivity index (χ0v) is 10.1. The van der Waals surface area contributed by atoms with Gasteiger partial charge in [-0.2, -0.15) is 5.10 Å².